The summed E-state index contributed by atoms with van der Waals surface area (Å²) in [6.07, 6.45) is 13.8. The zero-order chi connectivity index (χ0) is 29.5. The number of benzene rings is 1. The molecule has 1 aromatic rings. The van der Waals surface area contributed by atoms with Crippen molar-refractivity contribution in [3.05, 3.63) is 107 Å². The first-order chi connectivity index (χ1) is 16.9. The van der Waals surface area contributed by atoms with Crippen LogP contribution in [0.1, 0.15) is 95.6 Å². The molecule has 0 bridgehead atoms. The predicted molar refractivity (Wildman–Crippen MR) is 167 cm³/mol. The monoisotopic (exact) mass is 496 g/mol. The van der Waals surface area contributed by atoms with Gasteiger partial charge in [-0.05, 0) is 86.5 Å². The molecule has 0 saturated heterocycles. The molecule has 0 amide bonds. The largest absolute Gasteiger partial charge is 0.300 e. The second kappa shape index (κ2) is 34.2. The van der Waals surface area contributed by atoms with Crippen LogP contribution in [0.5, 0.6) is 0 Å². The van der Waals surface area contributed by atoms with E-state index >= 15 is 0 Å². The topological polar surface area (TPSA) is 34.1 Å². The third kappa shape index (κ3) is 44.6. The first-order valence-corrected chi connectivity index (χ1v) is 12.8. The third-order valence-electron chi connectivity index (χ3n) is 3.54. The minimum Gasteiger partial charge on any atom is -0.300 e. The van der Waals surface area contributed by atoms with E-state index in [-0.39, 0.29) is 11.6 Å². The Bertz CT molecular complexity index is 806. The van der Waals surface area contributed by atoms with E-state index in [1.807, 2.05) is 124 Å². The van der Waals surface area contributed by atoms with E-state index in [1.165, 1.54) is 30.6 Å². The van der Waals surface area contributed by atoms with Crippen LogP contribution in [0.4, 0.5) is 0 Å². The fraction of sp³-hybridized carbons (Fsp3) is 0.412. The van der Waals surface area contributed by atoms with Gasteiger partial charge in [-0.1, -0.05) is 118 Å². The number of ketones is 2. The van der Waals surface area contributed by atoms with Crippen LogP contribution in [0.15, 0.2) is 102 Å². The summed E-state index contributed by atoms with van der Waals surface area (Å²) in [5, 5.41) is 0. The summed E-state index contributed by atoms with van der Waals surface area (Å²) in [5.41, 5.74) is 5.64. The van der Waals surface area contributed by atoms with Crippen molar-refractivity contribution >= 4 is 11.6 Å². The van der Waals surface area contributed by atoms with E-state index in [4.69, 9.17) is 0 Å². The number of aryl methyl sites for hydroxylation is 1. The lowest BCUT2D eigenvalue weighted by Gasteiger charge is -1.97. The number of allylic oxidation sites excluding steroid dienone is 11. The highest BCUT2D eigenvalue weighted by atomic mass is 16.1. The molecular weight excluding hydrogens is 440 g/mol. The van der Waals surface area contributed by atoms with Crippen LogP contribution in [0.25, 0.3) is 0 Å². The van der Waals surface area contributed by atoms with Gasteiger partial charge in [0, 0.05) is 0 Å². The van der Waals surface area contributed by atoms with Gasteiger partial charge in [-0.25, -0.2) is 0 Å². The maximum Gasteiger partial charge on any atom is 0.155 e. The average molecular weight is 497 g/mol. The Morgan fingerprint density at radius 1 is 0.778 bits per heavy atom. The Kier molecular flexibility index (Phi) is 40.9. The van der Waals surface area contributed by atoms with E-state index in [2.05, 4.69) is 31.7 Å². The summed E-state index contributed by atoms with van der Waals surface area (Å²) < 4.78 is 0. The summed E-state index contributed by atoms with van der Waals surface area (Å²) in [5.74, 6) is 0.293. The quantitative estimate of drug-likeness (QED) is 0.300. The van der Waals surface area contributed by atoms with Gasteiger partial charge in [-0.2, -0.15) is 0 Å². The van der Waals surface area contributed by atoms with E-state index in [9.17, 15) is 9.59 Å². The van der Waals surface area contributed by atoms with Crippen LogP contribution in [-0.2, 0) is 9.59 Å². The summed E-state index contributed by atoms with van der Waals surface area (Å²) in [7, 11) is 0. The van der Waals surface area contributed by atoms with Gasteiger partial charge in [0.25, 0.3) is 0 Å². The van der Waals surface area contributed by atoms with Gasteiger partial charge in [-0.15, -0.1) is 0 Å². The first-order valence-electron chi connectivity index (χ1n) is 12.8. The van der Waals surface area contributed by atoms with E-state index in [1.54, 1.807) is 6.92 Å². The highest BCUT2D eigenvalue weighted by Crippen LogP contribution is 2.07. The maximum atomic E-state index is 11.0. The number of hydrogen-bond acceptors (Lipinski definition) is 2. The molecule has 0 fully saturated rings. The summed E-state index contributed by atoms with van der Waals surface area (Å²) in [4.78, 5) is 20.4. The lowest BCUT2D eigenvalue weighted by Crippen LogP contribution is -1.91. The molecule has 204 valence electrons. The Morgan fingerprint density at radius 3 is 1.47 bits per heavy atom. The molecule has 0 aliphatic rings. The zero-order valence-electron chi connectivity index (χ0n) is 26.0. The van der Waals surface area contributed by atoms with Crippen molar-refractivity contribution in [3.8, 4) is 0 Å². The standard InChI is InChI=1S/C12H18O.C8H12.C7H8.C3H6O.2C2H6/c1-6-12(7-9(2)3)8-10(4)11(5)13;1-4-6-7-8(3)5-2;1-7-5-3-2-4-6-7;1-3(2)4;2*1-2/h6-8H,1-5H3;4-7H,2H2,1,3H3;2-6H,1H3;1-2H3;2*1-2H3/b10-8-,12-6-;6-4-,8-7-;;;;. The molecular formula is C34H56O2. The molecule has 1 rings (SSSR count). The summed E-state index contributed by atoms with van der Waals surface area (Å²) >= 11 is 0. The average Bonchev–Trinajstić information content (AvgIpc) is 2.85. The Balaban J connectivity index is -0.000000120. The second-order valence-electron chi connectivity index (χ2n) is 7.60. The van der Waals surface area contributed by atoms with Gasteiger partial charge in [-0.3, -0.25) is 4.79 Å². The molecule has 0 N–H and O–H groups in total. The van der Waals surface area contributed by atoms with Crippen molar-refractivity contribution < 1.29 is 9.59 Å². The maximum absolute atomic E-state index is 11.0. The van der Waals surface area contributed by atoms with Crippen LogP contribution in [0, 0.1) is 6.92 Å². The van der Waals surface area contributed by atoms with Crippen molar-refractivity contribution in [2.45, 2.75) is 96.9 Å². The Hall–Kier alpha value is -3.00. The molecule has 1 aromatic carbocycles. The molecule has 36 heavy (non-hydrogen) atoms. The van der Waals surface area contributed by atoms with Gasteiger partial charge in [0.15, 0.2) is 5.78 Å². The van der Waals surface area contributed by atoms with Crippen LogP contribution in [0.2, 0.25) is 0 Å². The molecule has 0 saturated carbocycles. The highest BCUT2D eigenvalue weighted by molar-refractivity contribution is 5.93. The van der Waals surface area contributed by atoms with Crippen LogP contribution < -0.4 is 0 Å². The van der Waals surface area contributed by atoms with Gasteiger partial charge in [0.2, 0.25) is 0 Å². The normalized spacial score (nSPS) is 10.1. The minimum atomic E-state index is 0.126. The molecule has 2 nitrogen and oxygen atoms in total. The molecule has 0 atom stereocenters. The Morgan fingerprint density at radius 2 is 1.22 bits per heavy atom. The fourth-order valence-corrected chi connectivity index (χ4v) is 1.74. The SMILES string of the molecule is C/C=C(C=C(C)C)\C=C(\C)C(C)=O.C=C/C(C)=C\C=C/C.CC.CC.CC(C)=O.Cc1ccccc1. The van der Waals surface area contributed by atoms with Crippen molar-refractivity contribution in [2.24, 2.45) is 0 Å². The molecule has 2 heteroatoms. The summed E-state index contributed by atoms with van der Waals surface area (Å²) in [6.45, 7) is 30.2. The number of carbonyl (C=O) groups is 2. The highest BCUT2D eigenvalue weighted by Gasteiger charge is 1.96. The molecule has 0 unspecified atom stereocenters. The van der Waals surface area contributed by atoms with Crippen LogP contribution in [0.3, 0.4) is 0 Å². The van der Waals surface area contributed by atoms with Crippen molar-refractivity contribution in [1.82, 2.24) is 0 Å². The van der Waals surface area contributed by atoms with Crippen molar-refractivity contribution in [1.29, 1.82) is 0 Å². The van der Waals surface area contributed by atoms with Crippen LogP contribution in [-0.4, -0.2) is 11.6 Å². The van der Waals surface area contributed by atoms with Crippen molar-refractivity contribution in [3.63, 3.8) is 0 Å². The lowest BCUT2D eigenvalue weighted by molar-refractivity contribution is -0.115. The minimum absolute atomic E-state index is 0.126. The number of Topliss-reactive ketones (excluding diaryl/α,β-unsaturated/α-hetero) is 2. The van der Waals surface area contributed by atoms with Gasteiger partial charge in [0.05, 0.1) is 0 Å². The van der Waals surface area contributed by atoms with Gasteiger partial charge < -0.3 is 4.79 Å². The third-order valence-corrected chi connectivity index (χ3v) is 3.54. The van der Waals surface area contributed by atoms with E-state index in [0.717, 1.165) is 11.1 Å². The number of rotatable bonds is 5. The lowest BCUT2D eigenvalue weighted by atomic mass is 10.1. The predicted octanol–water partition coefficient (Wildman–Crippen LogP) is 10.8. The fourth-order valence-electron chi connectivity index (χ4n) is 1.74. The molecule has 0 aliphatic carbocycles. The van der Waals surface area contributed by atoms with Gasteiger partial charge in [0.1, 0.15) is 5.78 Å². The molecule has 0 spiro atoms. The van der Waals surface area contributed by atoms with Crippen molar-refractivity contribution in [2.75, 3.05) is 0 Å². The molecule has 0 heterocycles. The number of hydrogen-bond donors (Lipinski definition) is 0. The van der Waals surface area contributed by atoms with E-state index < -0.39 is 0 Å². The van der Waals surface area contributed by atoms with Gasteiger partial charge >= 0.3 is 0 Å². The van der Waals surface area contributed by atoms with E-state index in [0.29, 0.717) is 0 Å². The number of carbonyl (C=O) groups excluding carboxylic acids is 2. The second-order valence-corrected chi connectivity index (χ2v) is 7.60. The molecule has 0 aromatic heterocycles. The Labute approximate surface area is 225 Å². The zero-order valence-corrected chi connectivity index (χ0v) is 26.0. The first kappa shape index (κ1) is 43.1. The van der Waals surface area contributed by atoms with Crippen LogP contribution >= 0.6 is 0 Å². The summed E-state index contributed by atoms with van der Waals surface area (Å²) in [6, 6.07) is 10.3. The smallest absolute Gasteiger partial charge is 0.155 e. The molecule has 0 aliphatic heterocycles. The molecule has 0 radical (unpaired) electrons.